The molecule has 0 saturated heterocycles. The van der Waals surface area contributed by atoms with Crippen molar-refractivity contribution in [1.82, 2.24) is 9.55 Å². The summed E-state index contributed by atoms with van der Waals surface area (Å²) in [7, 11) is 1.63. The first-order chi connectivity index (χ1) is 11.6. The number of carbonyl (C=O) groups excluding carboxylic acids is 1. The number of hydrogen-bond acceptors (Lipinski definition) is 4. The first-order valence-electron chi connectivity index (χ1n) is 7.87. The van der Waals surface area contributed by atoms with Crippen LogP contribution in [-0.2, 0) is 16.1 Å². The summed E-state index contributed by atoms with van der Waals surface area (Å²) in [6, 6.07) is 15.4. The molecule has 1 heterocycles. The predicted octanol–water partition coefficient (Wildman–Crippen LogP) is 3.66. The van der Waals surface area contributed by atoms with Crippen LogP contribution in [0.4, 0.5) is 0 Å². The number of hydrogen-bond donors (Lipinski definition) is 0. The highest BCUT2D eigenvalue weighted by atomic mass is 16.5. The van der Waals surface area contributed by atoms with Crippen molar-refractivity contribution in [2.45, 2.75) is 26.5 Å². The van der Waals surface area contributed by atoms with E-state index >= 15 is 0 Å². The molecular formula is C19H20N2O3. The van der Waals surface area contributed by atoms with E-state index in [0.717, 1.165) is 28.2 Å². The van der Waals surface area contributed by atoms with Crippen LogP contribution in [0.1, 0.15) is 13.8 Å². The molecule has 0 radical (unpaired) electrons. The molecule has 0 unspecified atom stereocenters. The number of para-hydroxylation sites is 2. The SMILES string of the molecule is COc1ccc(-c2nc3ccccc3n2CC(=O)OC(C)C)cc1. The second-order valence-electron chi connectivity index (χ2n) is 5.78. The number of rotatable bonds is 5. The van der Waals surface area contributed by atoms with Crippen molar-refractivity contribution in [3.8, 4) is 17.1 Å². The highest BCUT2D eigenvalue weighted by molar-refractivity contribution is 5.83. The fraction of sp³-hybridized carbons (Fsp3) is 0.263. The van der Waals surface area contributed by atoms with E-state index in [-0.39, 0.29) is 18.6 Å². The van der Waals surface area contributed by atoms with Crippen LogP contribution in [0, 0.1) is 0 Å². The van der Waals surface area contributed by atoms with Crippen LogP contribution in [0.5, 0.6) is 5.75 Å². The van der Waals surface area contributed by atoms with Crippen molar-refractivity contribution in [2.24, 2.45) is 0 Å². The van der Waals surface area contributed by atoms with Crippen molar-refractivity contribution < 1.29 is 14.3 Å². The van der Waals surface area contributed by atoms with E-state index in [0.29, 0.717) is 0 Å². The maximum atomic E-state index is 12.2. The van der Waals surface area contributed by atoms with Crippen molar-refractivity contribution in [1.29, 1.82) is 0 Å². The van der Waals surface area contributed by atoms with Gasteiger partial charge < -0.3 is 14.0 Å². The van der Waals surface area contributed by atoms with Gasteiger partial charge >= 0.3 is 5.97 Å². The number of fused-ring (bicyclic) bond motifs is 1. The molecule has 3 rings (SSSR count). The fourth-order valence-electron chi connectivity index (χ4n) is 2.63. The van der Waals surface area contributed by atoms with E-state index in [9.17, 15) is 4.79 Å². The Morgan fingerprint density at radius 3 is 2.50 bits per heavy atom. The monoisotopic (exact) mass is 324 g/mol. The Bertz CT molecular complexity index is 851. The van der Waals surface area contributed by atoms with Gasteiger partial charge in [0.1, 0.15) is 18.1 Å². The molecule has 0 aliphatic rings. The van der Waals surface area contributed by atoms with Crippen molar-refractivity contribution >= 4 is 17.0 Å². The number of aromatic nitrogens is 2. The normalized spacial score (nSPS) is 11.0. The van der Waals surface area contributed by atoms with E-state index in [1.54, 1.807) is 7.11 Å². The summed E-state index contributed by atoms with van der Waals surface area (Å²) in [5.74, 6) is 1.24. The van der Waals surface area contributed by atoms with Gasteiger partial charge in [0.05, 0.1) is 24.2 Å². The minimum absolute atomic E-state index is 0.125. The lowest BCUT2D eigenvalue weighted by atomic mass is 10.2. The third kappa shape index (κ3) is 3.25. The first-order valence-corrected chi connectivity index (χ1v) is 7.87. The van der Waals surface area contributed by atoms with Crippen LogP contribution in [0.15, 0.2) is 48.5 Å². The van der Waals surface area contributed by atoms with Crippen molar-refractivity contribution in [3.05, 3.63) is 48.5 Å². The third-order valence-electron chi connectivity index (χ3n) is 3.66. The number of nitrogens with zero attached hydrogens (tertiary/aromatic N) is 2. The van der Waals surface area contributed by atoms with Gasteiger partial charge in [-0.25, -0.2) is 4.98 Å². The van der Waals surface area contributed by atoms with Crippen LogP contribution in [0.25, 0.3) is 22.4 Å². The minimum Gasteiger partial charge on any atom is -0.497 e. The van der Waals surface area contributed by atoms with Gasteiger partial charge in [-0.15, -0.1) is 0 Å². The Morgan fingerprint density at radius 1 is 1.12 bits per heavy atom. The maximum absolute atomic E-state index is 12.2. The van der Waals surface area contributed by atoms with Crippen LogP contribution in [-0.4, -0.2) is 28.7 Å². The zero-order chi connectivity index (χ0) is 17.1. The summed E-state index contributed by atoms with van der Waals surface area (Å²) in [6.07, 6.45) is -0.142. The van der Waals surface area contributed by atoms with E-state index in [1.165, 1.54) is 0 Å². The van der Waals surface area contributed by atoms with Gasteiger partial charge in [-0.05, 0) is 50.2 Å². The molecule has 0 N–H and O–H groups in total. The zero-order valence-electron chi connectivity index (χ0n) is 14.0. The molecule has 0 aliphatic carbocycles. The second-order valence-corrected chi connectivity index (χ2v) is 5.78. The summed E-state index contributed by atoms with van der Waals surface area (Å²) in [5.41, 5.74) is 2.68. The molecule has 124 valence electrons. The van der Waals surface area contributed by atoms with Gasteiger partial charge in [0.25, 0.3) is 0 Å². The van der Waals surface area contributed by atoms with Gasteiger partial charge in [0.15, 0.2) is 0 Å². The topological polar surface area (TPSA) is 53.4 Å². The van der Waals surface area contributed by atoms with Crippen LogP contribution >= 0.6 is 0 Å². The largest absolute Gasteiger partial charge is 0.497 e. The fourth-order valence-corrected chi connectivity index (χ4v) is 2.63. The average molecular weight is 324 g/mol. The molecule has 24 heavy (non-hydrogen) atoms. The van der Waals surface area contributed by atoms with Gasteiger partial charge in [-0.1, -0.05) is 12.1 Å². The molecule has 0 bridgehead atoms. The lowest BCUT2D eigenvalue weighted by molar-refractivity contribution is -0.147. The summed E-state index contributed by atoms with van der Waals surface area (Å²) in [6.45, 7) is 3.81. The van der Waals surface area contributed by atoms with E-state index in [4.69, 9.17) is 9.47 Å². The third-order valence-corrected chi connectivity index (χ3v) is 3.66. The smallest absolute Gasteiger partial charge is 0.326 e. The number of carbonyl (C=O) groups is 1. The summed E-state index contributed by atoms with van der Waals surface area (Å²) < 4.78 is 12.4. The number of benzene rings is 2. The van der Waals surface area contributed by atoms with Gasteiger partial charge in [0, 0.05) is 5.56 Å². The van der Waals surface area contributed by atoms with Crippen molar-refractivity contribution in [3.63, 3.8) is 0 Å². The summed E-state index contributed by atoms with van der Waals surface area (Å²) in [4.78, 5) is 16.8. The standard InChI is InChI=1S/C19H20N2O3/c1-13(2)24-18(22)12-21-17-7-5-4-6-16(17)20-19(21)14-8-10-15(23-3)11-9-14/h4-11,13H,12H2,1-3H3. The minimum atomic E-state index is -0.275. The van der Waals surface area contributed by atoms with Crippen LogP contribution < -0.4 is 4.74 Å². The number of imidazole rings is 1. The molecule has 3 aromatic rings. The number of esters is 1. The molecule has 2 aromatic carbocycles. The maximum Gasteiger partial charge on any atom is 0.326 e. The molecular weight excluding hydrogens is 304 g/mol. The lowest BCUT2D eigenvalue weighted by Crippen LogP contribution is -2.18. The van der Waals surface area contributed by atoms with Crippen molar-refractivity contribution in [2.75, 3.05) is 7.11 Å². The lowest BCUT2D eigenvalue weighted by Gasteiger charge is -2.11. The number of methoxy groups -OCH3 is 1. The molecule has 0 atom stereocenters. The van der Waals surface area contributed by atoms with Gasteiger partial charge in [-0.3, -0.25) is 4.79 Å². The molecule has 5 heteroatoms. The highest BCUT2D eigenvalue weighted by Gasteiger charge is 2.16. The highest BCUT2D eigenvalue weighted by Crippen LogP contribution is 2.26. The zero-order valence-corrected chi connectivity index (χ0v) is 14.0. The molecule has 0 spiro atoms. The average Bonchev–Trinajstić information content (AvgIpc) is 2.93. The van der Waals surface area contributed by atoms with E-state index in [2.05, 4.69) is 4.98 Å². The molecule has 0 aliphatic heterocycles. The Morgan fingerprint density at radius 2 is 1.83 bits per heavy atom. The first kappa shape index (κ1) is 16.1. The van der Waals surface area contributed by atoms with Gasteiger partial charge in [-0.2, -0.15) is 0 Å². The Hall–Kier alpha value is -2.82. The predicted molar refractivity (Wildman–Crippen MR) is 92.9 cm³/mol. The van der Waals surface area contributed by atoms with E-state index < -0.39 is 0 Å². The quantitative estimate of drug-likeness (QED) is 0.672. The molecule has 0 fully saturated rings. The summed E-state index contributed by atoms with van der Waals surface area (Å²) >= 11 is 0. The molecule has 0 saturated carbocycles. The van der Waals surface area contributed by atoms with Gasteiger partial charge in [0.2, 0.25) is 0 Å². The molecule has 0 amide bonds. The van der Waals surface area contributed by atoms with Crippen LogP contribution in [0.3, 0.4) is 0 Å². The van der Waals surface area contributed by atoms with Crippen LogP contribution in [0.2, 0.25) is 0 Å². The van der Waals surface area contributed by atoms with E-state index in [1.807, 2.05) is 66.9 Å². The summed E-state index contributed by atoms with van der Waals surface area (Å²) in [5, 5.41) is 0. The number of ether oxygens (including phenoxy) is 2. The molecule has 5 nitrogen and oxygen atoms in total. The Kier molecular flexibility index (Phi) is 4.51. The second kappa shape index (κ2) is 6.74. The Balaban J connectivity index is 2.05. The Labute approximate surface area is 140 Å². The molecule has 1 aromatic heterocycles.